The van der Waals surface area contributed by atoms with Crippen molar-refractivity contribution < 1.29 is 4.74 Å². The summed E-state index contributed by atoms with van der Waals surface area (Å²) >= 11 is 0. The fourth-order valence-electron chi connectivity index (χ4n) is 1.90. The quantitative estimate of drug-likeness (QED) is 0.674. The first-order chi connectivity index (χ1) is 6.83. The van der Waals surface area contributed by atoms with Gasteiger partial charge in [0.2, 0.25) is 0 Å². The van der Waals surface area contributed by atoms with E-state index >= 15 is 0 Å². The van der Waals surface area contributed by atoms with Gasteiger partial charge in [0, 0.05) is 19.2 Å². The first-order valence-corrected chi connectivity index (χ1v) is 5.82. The molecule has 1 saturated heterocycles. The number of hydrogen-bond donors (Lipinski definition) is 2. The van der Waals surface area contributed by atoms with Crippen LogP contribution in [0.2, 0.25) is 0 Å². The lowest BCUT2D eigenvalue weighted by Crippen LogP contribution is -2.37. The van der Waals surface area contributed by atoms with E-state index in [1.165, 1.54) is 19.3 Å². The van der Waals surface area contributed by atoms with Crippen LogP contribution in [0.4, 0.5) is 0 Å². The lowest BCUT2D eigenvalue weighted by atomic mass is 10.1. The Hall–Kier alpha value is -0.120. The van der Waals surface area contributed by atoms with E-state index in [9.17, 15) is 0 Å². The second-order valence-electron chi connectivity index (χ2n) is 4.19. The van der Waals surface area contributed by atoms with Crippen molar-refractivity contribution >= 4 is 0 Å². The van der Waals surface area contributed by atoms with Crippen LogP contribution < -0.4 is 10.6 Å². The minimum absolute atomic E-state index is 0.512. The summed E-state index contributed by atoms with van der Waals surface area (Å²) in [5.41, 5.74) is 0. The highest BCUT2D eigenvalue weighted by Crippen LogP contribution is 2.14. The second kappa shape index (κ2) is 7.21. The molecule has 0 aromatic heterocycles. The summed E-state index contributed by atoms with van der Waals surface area (Å²) in [7, 11) is 1.99. The predicted molar refractivity (Wildman–Crippen MR) is 59.6 cm³/mol. The smallest absolute Gasteiger partial charge is 0.0587 e. The van der Waals surface area contributed by atoms with Crippen LogP contribution in [0.3, 0.4) is 0 Å². The van der Waals surface area contributed by atoms with Crippen molar-refractivity contribution in [3.8, 4) is 0 Å². The fraction of sp³-hybridized carbons (Fsp3) is 1.00. The molecule has 1 rings (SSSR count). The Kier molecular flexibility index (Phi) is 6.15. The largest absolute Gasteiger partial charge is 0.378 e. The number of hydrogen-bond acceptors (Lipinski definition) is 3. The van der Waals surface area contributed by atoms with Crippen molar-refractivity contribution in [2.24, 2.45) is 0 Å². The van der Waals surface area contributed by atoms with Gasteiger partial charge >= 0.3 is 0 Å². The maximum Gasteiger partial charge on any atom is 0.0587 e. The molecule has 0 spiro atoms. The first kappa shape index (κ1) is 12.0. The Morgan fingerprint density at radius 1 is 1.43 bits per heavy atom. The average molecular weight is 200 g/mol. The molecule has 0 aliphatic carbocycles. The summed E-state index contributed by atoms with van der Waals surface area (Å²) in [5, 5.41) is 6.65. The molecule has 3 nitrogen and oxygen atoms in total. The monoisotopic (exact) mass is 200 g/mol. The molecule has 14 heavy (non-hydrogen) atoms. The van der Waals surface area contributed by atoms with Crippen LogP contribution >= 0.6 is 0 Å². The highest BCUT2D eigenvalue weighted by Gasteiger charge is 2.13. The molecule has 0 saturated carbocycles. The van der Waals surface area contributed by atoms with Gasteiger partial charge in [-0.25, -0.2) is 0 Å². The van der Waals surface area contributed by atoms with Gasteiger partial charge < -0.3 is 15.4 Å². The molecule has 2 N–H and O–H groups in total. The standard InChI is InChI=1S/C11H24N2O/c1-10(9-12-2)13-7-6-11-5-3-4-8-14-11/h10-13H,3-9H2,1-2H3. The molecule has 0 aromatic rings. The Bertz CT molecular complexity index is 135. The third kappa shape index (κ3) is 4.94. The minimum atomic E-state index is 0.512. The summed E-state index contributed by atoms with van der Waals surface area (Å²) < 4.78 is 5.66. The molecule has 2 unspecified atom stereocenters. The molecule has 1 fully saturated rings. The highest BCUT2D eigenvalue weighted by atomic mass is 16.5. The highest BCUT2D eigenvalue weighted by molar-refractivity contribution is 4.68. The van der Waals surface area contributed by atoms with Gasteiger partial charge in [-0.3, -0.25) is 0 Å². The molecule has 1 aliphatic rings. The van der Waals surface area contributed by atoms with Gasteiger partial charge in [0.15, 0.2) is 0 Å². The fourth-order valence-corrected chi connectivity index (χ4v) is 1.90. The molecule has 2 atom stereocenters. The Morgan fingerprint density at radius 2 is 2.29 bits per heavy atom. The van der Waals surface area contributed by atoms with Gasteiger partial charge in [-0.05, 0) is 46.2 Å². The topological polar surface area (TPSA) is 33.3 Å². The van der Waals surface area contributed by atoms with Crippen molar-refractivity contribution in [2.45, 2.75) is 44.8 Å². The Labute approximate surface area is 87.6 Å². The maximum atomic E-state index is 5.66. The minimum Gasteiger partial charge on any atom is -0.378 e. The van der Waals surface area contributed by atoms with Gasteiger partial charge in [0.05, 0.1) is 6.10 Å². The van der Waals surface area contributed by atoms with E-state index < -0.39 is 0 Å². The van der Waals surface area contributed by atoms with E-state index in [1.54, 1.807) is 0 Å². The summed E-state index contributed by atoms with van der Waals surface area (Å²) in [4.78, 5) is 0. The van der Waals surface area contributed by atoms with E-state index in [2.05, 4.69) is 17.6 Å². The Morgan fingerprint density at radius 3 is 2.93 bits per heavy atom. The lowest BCUT2D eigenvalue weighted by molar-refractivity contribution is 0.0113. The van der Waals surface area contributed by atoms with E-state index in [0.717, 1.165) is 26.1 Å². The van der Waals surface area contributed by atoms with Gasteiger partial charge in [-0.15, -0.1) is 0 Å². The summed E-state index contributed by atoms with van der Waals surface area (Å²) in [6.45, 7) is 5.29. The maximum absolute atomic E-state index is 5.66. The molecule has 1 heterocycles. The van der Waals surface area contributed by atoms with Gasteiger partial charge in [-0.2, -0.15) is 0 Å². The van der Waals surface area contributed by atoms with Crippen molar-refractivity contribution in [1.82, 2.24) is 10.6 Å². The van der Waals surface area contributed by atoms with Crippen LogP contribution in [-0.2, 0) is 4.74 Å². The van der Waals surface area contributed by atoms with Crippen LogP contribution in [0.25, 0.3) is 0 Å². The number of rotatable bonds is 6. The second-order valence-corrected chi connectivity index (χ2v) is 4.19. The predicted octanol–water partition coefficient (Wildman–Crippen LogP) is 1.14. The SMILES string of the molecule is CNCC(C)NCCC1CCCCO1. The molecular weight excluding hydrogens is 176 g/mol. The van der Waals surface area contributed by atoms with Gasteiger partial charge in [-0.1, -0.05) is 0 Å². The molecule has 0 radical (unpaired) electrons. The zero-order valence-corrected chi connectivity index (χ0v) is 9.51. The van der Waals surface area contributed by atoms with Crippen LogP contribution in [0, 0.1) is 0 Å². The molecule has 0 amide bonds. The summed E-state index contributed by atoms with van der Waals surface area (Å²) in [5.74, 6) is 0. The van der Waals surface area contributed by atoms with E-state index in [-0.39, 0.29) is 0 Å². The third-order valence-electron chi connectivity index (χ3n) is 2.74. The summed E-state index contributed by atoms with van der Waals surface area (Å²) in [6.07, 6.45) is 5.52. The van der Waals surface area contributed by atoms with Crippen molar-refractivity contribution in [3.63, 3.8) is 0 Å². The molecule has 0 aromatic carbocycles. The number of ether oxygens (including phenoxy) is 1. The summed E-state index contributed by atoms with van der Waals surface area (Å²) in [6, 6.07) is 0.559. The average Bonchev–Trinajstić information content (AvgIpc) is 2.20. The number of likely N-dealkylation sites (N-methyl/N-ethyl adjacent to an activating group) is 1. The zero-order valence-electron chi connectivity index (χ0n) is 9.51. The molecule has 0 bridgehead atoms. The van der Waals surface area contributed by atoms with Crippen molar-refractivity contribution in [2.75, 3.05) is 26.7 Å². The molecule has 3 heteroatoms. The molecule has 1 aliphatic heterocycles. The van der Waals surface area contributed by atoms with Gasteiger partial charge in [0.1, 0.15) is 0 Å². The van der Waals surface area contributed by atoms with Crippen LogP contribution in [0.5, 0.6) is 0 Å². The van der Waals surface area contributed by atoms with Crippen LogP contribution in [0.15, 0.2) is 0 Å². The lowest BCUT2D eigenvalue weighted by Gasteiger charge is -2.23. The van der Waals surface area contributed by atoms with Gasteiger partial charge in [0.25, 0.3) is 0 Å². The Balaban J connectivity index is 1.96. The first-order valence-electron chi connectivity index (χ1n) is 5.82. The normalized spacial score (nSPS) is 24.9. The molecule has 84 valence electrons. The molecular formula is C11H24N2O. The van der Waals surface area contributed by atoms with E-state index in [1.807, 2.05) is 7.05 Å². The van der Waals surface area contributed by atoms with Crippen molar-refractivity contribution in [1.29, 1.82) is 0 Å². The van der Waals surface area contributed by atoms with E-state index in [4.69, 9.17) is 4.74 Å². The van der Waals surface area contributed by atoms with Crippen LogP contribution in [-0.4, -0.2) is 38.9 Å². The third-order valence-corrected chi connectivity index (χ3v) is 2.74. The number of nitrogens with one attached hydrogen (secondary N) is 2. The van der Waals surface area contributed by atoms with E-state index in [0.29, 0.717) is 12.1 Å². The van der Waals surface area contributed by atoms with Crippen LogP contribution in [0.1, 0.15) is 32.6 Å². The van der Waals surface area contributed by atoms with Crippen molar-refractivity contribution in [3.05, 3.63) is 0 Å². The zero-order chi connectivity index (χ0) is 10.2.